The zero-order valence-electron chi connectivity index (χ0n) is 44.9. The van der Waals surface area contributed by atoms with Crippen LogP contribution in [0.25, 0.3) is 66.8 Å². The fourth-order valence-electron chi connectivity index (χ4n) is 15.7. The summed E-state index contributed by atoms with van der Waals surface area (Å²) in [7, 11) is 0. The van der Waals surface area contributed by atoms with Crippen molar-refractivity contribution in [1.29, 1.82) is 0 Å². The van der Waals surface area contributed by atoms with Crippen LogP contribution in [0.2, 0.25) is 0 Å². The van der Waals surface area contributed by atoms with Gasteiger partial charge in [0.05, 0.1) is 28.2 Å². The third-order valence-electron chi connectivity index (χ3n) is 19.1. The summed E-state index contributed by atoms with van der Waals surface area (Å²) in [6.07, 6.45) is 0. The first-order chi connectivity index (χ1) is 39.4. The van der Waals surface area contributed by atoms with E-state index in [4.69, 9.17) is 0 Å². The van der Waals surface area contributed by atoms with E-state index < -0.39 is 5.41 Å². The molecule has 4 aliphatic carbocycles. The molecule has 80 heavy (non-hydrogen) atoms. The highest BCUT2D eigenvalue weighted by molar-refractivity contribution is 6.06. The average Bonchev–Trinajstić information content (AvgIpc) is 4.35. The second-order valence-electron chi connectivity index (χ2n) is 23.2. The van der Waals surface area contributed by atoms with Crippen LogP contribution in [0.1, 0.15) is 70.8 Å². The summed E-state index contributed by atoms with van der Waals surface area (Å²) in [4.78, 5) is 5.16. The van der Waals surface area contributed by atoms with E-state index in [1.54, 1.807) is 0 Å². The topological polar surface area (TPSA) is 6.48 Å². The molecule has 2 atom stereocenters. The number of hydrogen-bond acceptors (Lipinski definition) is 2. The molecule has 0 radical (unpaired) electrons. The van der Waals surface area contributed by atoms with Gasteiger partial charge in [-0.15, -0.1) is 0 Å². The molecule has 2 unspecified atom stereocenters. The van der Waals surface area contributed by atoms with Crippen LogP contribution >= 0.6 is 0 Å². The van der Waals surface area contributed by atoms with Gasteiger partial charge in [0.2, 0.25) is 0 Å². The highest BCUT2D eigenvalue weighted by atomic mass is 15.2. The van der Waals surface area contributed by atoms with E-state index in [0.717, 1.165) is 34.1 Å². The predicted molar refractivity (Wildman–Crippen MR) is 332 cm³/mol. The molecule has 12 aromatic rings. The Morgan fingerprint density at radius 3 is 1.46 bits per heavy atom. The fraction of sp³-hybridized carbons (Fsp3) is 0.0769. The molecule has 0 saturated heterocycles. The Morgan fingerprint density at radius 1 is 0.287 bits per heavy atom. The third kappa shape index (κ3) is 5.77. The Balaban J connectivity index is 0.933. The highest BCUT2D eigenvalue weighted by Gasteiger charge is 2.54. The quantitative estimate of drug-likeness (QED) is 0.170. The molecule has 1 aliphatic heterocycles. The Labute approximate surface area is 468 Å². The monoisotopic (exact) mass is 1020 g/mol. The van der Waals surface area contributed by atoms with Crippen LogP contribution in [0.4, 0.5) is 34.1 Å². The summed E-state index contributed by atoms with van der Waals surface area (Å²) in [6.45, 7) is 7.23. The summed E-state index contributed by atoms with van der Waals surface area (Å²) in [5.41, 5.74) is 32.7. The first-order valence-electron chi connectivity index (χ1n) is 28.3. The van der Waals surface area contributed by atoms with Crippen molar-refractivity contribution >= 4 is 34.1 Å². The normalized spacial score (nSPS) is 17.4. The van der Waals surface area contributed by atoms with Crippen molar-refractivity contribution < 1.29 is 0 Å². The standard InChI is InChI=1S/C78H54N2/c1-76(2)61-32-14-7-26-53(61)56-45-43-50(47-68(56)76)79(70-39-19-12-25-52(70)49-23-5-4-6-24-49)72-41-21-37-66-74(72)59-30-10-17-35-64(59)78(66)65-36-18-11-31-60(65)75-67(78)38-22-42-73(75)80-51-44-46-57-54-27-8-15-33-62(54)77(3,69(57)48-51)63-34-16-9-28-55(63)58-29-13-20-40-71(58)80/h4-48H,1-3H3. The molecule has 17 rings (SSSR count). The Hall–Kier alpha value is -9.76. The SMILES string of the molecule is CC1(C)c2ccccc2-c2ccc(N(c3ccccc3-c3ccccc3)c3cccc4c3-c3ccccc3C43c4ccccc4-c4c(N5c6ccc7c(c6)C(C)(c6ccccc6-c6ccccc65)c5ccccc5-7)cccc43)cc21. The number of anilines is 6. The molecule has 5 aliphatic rings. The van der Waals surface area contributed by atoms with Crippen LogP contribution < -0.4 is 9.80 Å². The average molecular weight is 1020 g/mol. The molecule has 12 aromatic carbocycles. The number of fused-ring (bicyclic) bond motifs is 21. The van der Waals surface area contributed by atoms with E-state index in [-0.39, 0.29) is 10.8 Å². The van der Waals surface area contributed by atoms with Crippen LogP contribution in [0.5, 0.6) is 0 Å². The van der Waals surface area contributed by atoms with Crippen molar-refractivity contribution in [3.05, 3.63) is 323 Å². The molecule has 0 N–H and O–H groups in total. The van der Waals surface area contributed by atoms with Crippen molar-refractivity contribution in [3.8, 4) is 66.8 Å². The maximum atomic E-state index is 2.59. The van der Waals surface area contributed by atoms with Crippen molar-refractivity contribution in [2.24, 2.45) is 0 Å². The van der Waals surface area contributed by atoms with Gasteiger partial charge in [-0.05, 0) is 150 Å². The molecular weight excluding hydrogens is 965 g/mol. The predicted octanol–water partition coefficient (Wildman–Crippen LogP) is 20.3. The molecule has 0 saturated carbocycles. The largest absolute Gasteiger partial charge is 0.309 e. The van der Waals surface area contributed by atoms with Gasteiger partial charge in [0.25, 0.3) is 0 Å². The first kappa shape index (κ1) is 45.3. The Morgan fingerprint density at radius 2 is 0.750 bits per heavy atom. The van der Waals surface area contributed by atoms with Crippen molar-refractivity contribution in [2.45, 2.75) is 37.0 Å². The van der Waals surface area contributed by atoms with Gasteiger partial charge >= 0.3 is 0 Å². The number of hydrogen-bond donors (Lipinski definition) is 0. The van der Waals surface area contributed by atoms with E-state index in [9.17, 15) is 0 Å². The van der Waals surface area contributed by atoms with Gasteiger partial charge < -0.3 is 9.80 Å². The van der Waals surface area contributed by atoms with Gasteiger partial charge in [0.15, 0.2) is 0 Å². The van der Waals surface area contributed by atoms with Crippen LogP contribution in [0.15, 0.2) is 273 Å². The van der Waals surface area contributed by atoms with E-state index >= 15 is 0 Å². The van der Waals surface area contributed by atoms with E-state index in [1.165, 1.54) is 117 Å². The number of nitrogens with zero attached hydrogens (tertiary/aromatic N) is 2. The lowest BCUT2D eigenvalue weighted by Gasteiger charge is -2.33. The van der Waals surface area contributed by atoms with Gasteiger partial charge in [-0.2, -0.15) is 0 Å². The lowest BCUT2D eigenvalue weighted by Crippen LogP contribution is -2.26. The second-order valence-corrected chi connectivity index (χ2v) is 23.2. The molecule has 376 valence electrons. The molecule has 1 spiro atoms. The molecule has 1 heterocycles. The van der Waals surface area contributed by atoms with E-state index in [1.807, 2.05) is 0 Å². The minimum Gasteiger partial charge on any atom is -0.309 e. The summed E-state index contributed by atoms with van der Waals surface area (Å²) in [5, 5.41) is 0. The Kier molecular flexibility index (Phi) is 9.28. The molecule has 2 nitrogen and oxygen atoms in total. The zero-order valence-corrected chi connectivity index (χ0v) is 44.9. The molecule has 0 amide bonds. The summed E-state index contributed by atoms with van der Waals surface area (Å²) < 4.78 is 0. The van der Waals surface area contributed by atoms with Crippen LogP contribution in [-0.2, 0) is 16.2 Å². The lowest BCUT2D eigenvalue weighted by atomic mass is 9.70. The summed E-state index contributed by atoms with van der Waals surface area (Å²) >= 11 is 0. The molecule has 0 fully saturated rings. The maximum Gasteiger partial charge on any atom is 0.0727 e. The van der Waals surface area contributed by atoms with Gasteiger partial charge in [-0.1, -0.05) is 238 Å². The second kappa shape index (κ2) is 16.4. The molecule has 0 aromatic heterocycles. The maximum absolute atomic E-state index is 2.59. The van der Waals surface area contributed by atoms with Gasteiger partial charge in [-0.25, -0.2) is 0 Å². The fourth-order valence-corrected chi connectivity index (χ4v) is 15.7. The minimum absolute atomic E-state index is 0.184. The van der Waals surface area contributed by atoms with E-state index in [0.29, 0.717) is 0 Å². The van der Waals surface area contributed by atoms with Gasteiger partial charge in [0, 0.05) is 44.5 Å². The molecule has 2 bridgehead atoms. The zero-order chi connectivity index (χ0) is 53.1. The third-order valence-corrected chi connectivity index (χ3v) is 19.1. The molecular formula is C78H54N2. The number of rotatable bonds is 5. The summed E-state index contributed by atoms with van der Waals surface area (Å²) in [6, 6.07) is 104. The van der Waals surface area contributed by atoms with Crippen molar-refractivity contribution in [1.82, 2.24) is 0 Å². The lowest BCUT2D eigenvalue weighted by molar-refractivity contribution is 0.660. The summed E-state index contributed by atoms with van der Waals surface area (Å²) in [5.74, 6) is 0. The number of para-hydroxylation sites is 2. The van der Waals surface area contributed by atoms with E-state index in [2.05, 4.69) is 304 Å². The van der Waals surface area contributed by atoms with Gasteiger partial charge in [-0.3, -0.25) is 0 Å². The van der Waals surface area contributed by atoms with Crippen molar-refractivity contribution in [3.63, 3.8) is 0 Å². The highest BCUT2D eigenvalue weighted by Crippen LogP contribution is 2.67. The molecule has 2 heteroatoms. The van der Waals surface area contributed by atoms with Gasteiger partial charge in [0.1, 0.15) is 0 Å². The smallest absolute Gasteiger partial charge is 0.0727 e. The Bertz CT molecular complexity index is 4620. The minimum atomic E-state index is -0.639. The number of benzene rings is 12. The van der Waals surface area contributed by atoms with Crippen LogP contribution in [-0.4, -0.2) is 0 Å². The van der Waals surface area contributed by atoms with Crippen LogP contribution in [0.3, 0.4) is 0 Å². The van der Waals surface area contributed by atoms with Crippen molar-refractivity contribution in [2.75, 3.05) is 9.80 Å². The first-order valence-corrected chi connectivity index (χ1v) is 28.3. The van der Waals surface area contributed by atoms with Crippen LogP contribution in [0, 0.1) is 0 Å².